The zero-order valence-corrected chi connectivity index (χ0v) is 10.3. The van der Waals surface area contributed by atoms with Gasteiger partial charge in [-0.3, -0.25) is 4.79 Å². The SMILES string of the molecule is COCC(O)CN(C)C(=O)c1cc(O)ccc1O. The Labute approximate surface area is 105 Å². The quantitative estimate of drug-likeness (QED) is 0.653. The molecule has 6 heteroatoms. The number of phenolic OH excluding ortho intramolecular Hbond substituents is 2. The average molecular weight is 255 g/mol. The van der Waals surface area contributed by atoms with Crippen molar-refractivity contribution in [3.8, 4) is 11.5 Å². The number of amides is 1. The van der Waals surface area contributed by atoms with E-state index >= 15 is 0 Å². The fourth-order valence-electron chi connectivity index (χ4n) is 1.55. The summed E-state index contributed by atoms with van der Waals surface area (Å²) in [4.78, 5) is 13.2. The number of phenols is 2. The van der Waals surface area contributed by atoms with Gasteiger partial charge in [-0.05, 0) is 18.2 Å². The van der Waals surface area contributed by atoms with Crippen LogP contribution in [0.5, 0.6) is 11.5 Å². The van der Waals surface area contributed by atoms with Gasteiger partial charge in [0.25, 0.3) is 5.91 Å². The Hall–Kier alpha value is -1.79. The standard InChI is InChI=1S/C12H17NO5/c1-13(6-9(15)7-18-2)12(17)10-5-8(14)3-4-11(10)16/h3-5,9,14-16H,6-7H2,1-2H3. The maximum Gasteiger partial charge on any atom is 0.257 e. The Morgan fingerprint density at radius 2 is 2.11 bits per heavy atom. The molecule has 3 N–H and O–H groups in total. The zero-order chi connectivity index (χ0) is 13.7. The van der Waals surface area contributed by atoms with Crippen molar-refractivity contribution in [3.05, 3.63) is 23.8 Å². The van der Waals surface area contributed by atoms with Crippen LogP contribution in [0.2, 0.25) is 0 Å². The smallest absolute Gasteiger partial charge is 0.257 e. The molecule has 6 nitrogen and oxygen atoms in total. The second kappa shape index (κ2) is 6.23. The Balaban J connectivity index is 2.77. The van der Waals surface area contributed by atoms with Crippen molar-refractivity contribution in [2.75, 3.05) is 27.3 Å². The number of rotatable bonds is 5. The van der Waals surface area contributed by atoms with E-state index in [4.69, 9.17) is 4.74 Å². The number of hydrogen-bond acceptors (Lipinski definition) is 5. The number of ether oxygens (including phenoxy) is 1. The summed E-state index contributed by atoms with van der Waals surface area (Å²) in [6.07, 6.45) is -0.802. The van der Waals surface area contributed by atoms with Crippen LogP contribution in [0.1, 0.15) is 10.4 Å². The van der Waals surface area contributed by atoms with Gasteiger partial charge in [0.15, 0.2) is 0 Å². The fourth-order valence-corrected chi connectivity index (χ4v) is 1.55. The molecule has 0 fully saturated rings. The molecule has 1 atom stereocenters. The van der Waals surface area contributed by atoms with E-state index < -0.39 is 12.0 Å². The van der Waals surface area contributed by atoms with Crippen LogP contribution < -0.4 is 0 Å². The number of hydrogen-bond donors (Lipinski definition) is 3. The van der Waals surface area contributed by atoms with Crippen LogP contribution in [-0.2, 0) is 4.74 Å². The van der Waals surface area contributed by atoms with E-state index in [0.717, 1.165) is 0 Å². The molecule has 1 aromatic rings. The topological polar surface area (TPSA) is 90.2 Å². The molecule has 0 aliphatic carbocycles. The van der Waals surface area contributed by atoms with Crippen molar-refractivity contribution in [1.82, 2.24) is 4.90 Å². The molecule has 100 valence electrons. The zero-order valence-electron chi connectivity index (χ0n) is 10.3. The van der Waals surface area contributed by atoms with Gasteiger partial charge in [-0.15, -0.1) is 0 Å². The van der Waals surface area contributed by atoms with Crippen LogP contribution in [0.3, 0.4) is 0 Å². The maximum absolute atomic E-state index is 12.0. The predicted octanol–water partition coefficient (Wildman–Crippen LogP) is 0.177. The van der Waals surface area contributed by atoms with Crippen molar-refractivity contribution < 1.29 is 24.9 Å². The summed E-state index contributed by atoms with van der Waals surface area (Å²) in [6, 6.07) is 3.70. The highest BCUT2D eigenvalue weighted by Gasteiger charge is 2.18. The second-order valence-electron chi connectivity index (χ2n) is 4.00. The lowest BCUT2D eigenvalue weighted by Gasteiger charge is -2.21. The molecule has 0 saturated carbocycles. The number of likely N-dealkylation sites (N-methyl/N-ethyl adjacent to an activating group) is 1. The van der Waals surface area contributed by atoms with Crippen molar-refractivity contribution in [3.63, 3.8) is 0 Å². The summed E-state index contributed by atoms with van der Waals surface area (Å²) in [5.74, 6) is -0.813. The number of carbonyl (C=O) groups is 1. The van der Waals surface area contributed by atoms with Gasteiger partial charge in [0.2, 0.25) is 0 Å². The van der Waals surface area contributed by atoms with Crippen molar-refractivity contribution >= 4 is 5.91 Å². The third-order valence-corrected chi connectivity index (χ3v) is 2.40. The minimum atomic E-state index is -0.802. The molecule has 1 amide bonds. The highest BCUT2D eigenvalue weighted by atomic mass is 16.5. The molecule has 0 saturated heterocycles. The first-order valence-corrected chi connectivity index (χ1v) is 5.40. The average Bonchev–Trinajstić information content (AvgIpc) is 2.31. The third kappa shape index (κ3) is 3.61. The van der Waals surface area contributed by atoms with Crippen molar-refractivity contribution in [2.45, 2.75) is 6.10 Å². The van der Waals surface area contributed by atoms with E-state index in [1.807, 2.05) is 0 Å². The second-order valence-corrected chi connectivity index (χ2v) is 4.00. The van der Waals surface area contributed by atoms with E-state index in [1.54, 1.807) is 0 Å². The number of aliphatic hydroxyl groups is 1. The molecule has 0 spiro atoms. The van der Waals surface area contributed by atoms with Gasteiger partial charge in [0.1, 0.15) is 11.5 Å². The highest BCUT2D eigenvalue weighted by molar-refractivity contribution is 5.97. The molecule has 1 rings (SSSR count). The Bertz CT molecular complexity index is 421. The van der Waals surface area contributed by atoms with Crippen LogP contribution in [0, 0.1) is 0 Å². The molecular weight excluding hydrogens is 238 g/mol. The normalized spacial score (nSPS) is 12.2. The molecule has 0 bridgehead atoms. The van der Waals surface area contributed by atoms with Gasteiger partial charge in [0.05, 0.1) is 18.3 Å². The van der Waals surface area contributed by atoms with Crippen LogP contribution in [0.25, 0.3) is 0 Å². The van der Waals surface area contributed by atoms with E-state index in [2.05, 4.69) is 0 Å². The van der Waals surface area contributed by atoms with E-state index in [9.17, 15) is 20.1 Å². The van der Waals surface area contributed by atoms with Gasteiger partial charge < -0.3 is 25.0 Å². The number of carbonyl (C=O) groups excluding carboxylic acids is 1. The van der Waals surface area contributed by atoms with Gasteiger partial charge in [-0.25, -0.2) is 0 Å². The number of nitrogens with zero attached hydrogens (tertiary/aromatic N) is 1. The Morgan fingerprint density at radius 1 is 1.44 bits per heavy atom. The number of methoxy groups -OCH3 is 1. The summed E-state index contributed by atoms with van der Waals surface area (Å²) >= 11 is 0. The molecular formula is C12H17NO5. The lowest BCUT2D eigenvalue weighted by molar-refractivity contribution is 0.0379. The van der Waals surface area contributed by atoms with Crippen molar-refractivity contribution in [2.24, 2.45) is 0 Å². The van der Waals surface area contributed by atoms with E-state index in [1.165, 1.54) is 37.3 Å². The molecule has 0 aromatic heterocycles. The molecule has 0 aliphatic rings. The van der Waals surface area contributed by atoms with E-state index in [0.29, 0.717) is 0 Å². The number of aromatic hydroxyl groups is 2. The molecule has 18 heavy (non-hydrogen) atoms. The molecule has 1 aromatic carbocycles. The lowest BCUT2D eigenvalue weighted by atomic mass is 10.1. The highest BCUT2D eigenvalue weighted by Crippen LogP contribution is 2.23. The fraction of sp³-hybridized carbons (Fsp3) is 0.417. The largest absolute Gasteiger partial charge is 0.508 e. The first kappa shape index (κ1) is 14.3. The lowest BCUT2D eigenvalue weighted by Crippen LogP contribution is -2.36. The minimum absolute atomic E-state index is 0.0119. The first-order chi connectivity index (χ1) is 8.45. The molecule has 0 heterocycles. The molecule has 1 unspecified atom stereocenters. The molecule has 0 radical (unpaired) electrons. The summed E-state index contributed by atoms with van der Waals surface area (Å²) in [6.45, 7) is 0.186. The van der Waals surface area contributed by atoms with Crippen molar-refractivity contribution in [1.29, 1.82) is 0 Å². The number of benzene rings is 1. The Morgan fingerprint density at radius 3 is 2.72 bits per heavy atom. The monoisotopic (exact) mass is 255 g/mol. The summed E-state index contributed by atoms with van der Waals surface area (Å²) in [5, 5.41) is 28.3. The minimum Gasteiger partial charge on any atom is -0.508 e. The van der Waals surface area contributed by atoms with Crippen LogP contribution >= 0.6 is 0 Å². The summed E-state index contributed by atoms with van der Waals surface area (Å²) in [7, 11) is 2.94. The van der Waals surface area contributed by atoms with Crippen LogP contribution in [0.4, 0.5) is 0 Å². The van der Waals surface area contributed by atoms with Gasteiger partial charge in [0, 0.05) is 20.7 Å². The number of aliphatic hydroxyl groups excluding tert-OH is 1. The van der Waals surface area contributed by atoms with Crippen LogP contribution in [0.15, 0.2) is 18.2 Å². The van der Waals surface area contributed by atoms with Gasteiger partial charge in [-0.1, -0.05) is 0 Å². The maximum atomic E-state index is 12.0. The van der Waals surface area contributed by atoms with Gasteiger partial charge in [-0.2, -0.15) is 0 Å². The predicted molar refractivity (Wildman–Crippen MR) is 64.6 cm³/mol. The summed E-state index contributed by atoms with van der Waals surface area (Å²) in [5.41, 5.74) is -0.0119. The van der Waals surface area contributed by atoms with E-state index in [-0.39, 0.29) is 30.2 Å². The third-order valence-electron chi connectivity index (χ3n) is 2.40. The molecule has 0 aliphatic heterocycles. The Kier molecular flexibility index (Phi) is 4.94. The summed E-state index contributed by atoms with van der Waals surface area (Å²) < 4.78 is 4.76. The first-order valence-electron chi connectivity index (χ1n) is 5.40. The van der Waals surface area contributed by atoms with Crippen LogP contribution in [-0.4, -0.2) is 59.5 Å². The van der Waals surface area contributed by atoms with Gasteiger partial charge >= 0.3 is 0 Å².